The van der Waals surface area contributed by atoms with Crippen LogP contribution in [-0.4, -0.2) is 0 Å². The first-order valence-electron chi connectivity index (χ1n) is 14.5. The van der Waals surface area contributed by atoms with Crippen molar-refractivity contribution in [2.75, 3.05) is 4.90 Å². The number of hydrogen-bond acceptors (Lipinski definition) is 1. The summed E-state index contributed by atoms with van der Waals surface area (Å²) in [5, 5.41) is 10.1. The summed E-state index contributed by atoms with van der Waals surface area (Å²) in [7, 11) is 0. The average Bonchev–Trinajstić information content (AvgIpc) is 3.05. The molecular weight excluding hydrogens is 506 g/mol. The molecule has 0 saturated heterocycles. The number of aryl methyl sites for hydroxylation is 1. The van der Waals surface area contributed by atoms with Crippen LogP contribution in [0, 0.1) is 6.92 Å². The fourth-order valence-electron chi connectivity index (χ4n) is 6.53. The lowest BCUT2D eigenvalue weighted by Crippen LogP contribution is -2.10. The van der Waals surface area contributed by atoms with Gasteiger partial charge in [-0.25, -0.2) is 0 Å². The third-order valence-electron chi connectivity index (χ3n) is 8.47. The Morgan fingerprint density at radius 3 is 1.71 bits per heavy atom. The smallest absolute Gasteiger partial charge is 0.0546 e. The Kier molecular flexibility index (Phi) is 5.75. The predicted molar refractivity (Wildman–Crippen MR) is 181 cm³/mol. The highest BCUT2D eigenvalue weighted by molar-refractivity contribution is 6.26. The summed E-state index contributed by atoms with van der Waals surface area (Å²) in [5.74, 6) is 0. The highest BCUT2D eigenvalue weighted by Gasteiger charge is 2.19. The van der Waals surface area contributed by atoms with Gasteiger partial charge < -0.3 is 4.90 Å². The Morgan fingerprint density at radius 2 is 0.952 bits per heavy atom. The number of nitrogens with zero attached hydrogens (tertiary/aromatic N) is 1. The van der Waals surface area contributed by atoms with E-state index in [9.17, 15) is 0 Å². The summed E-state index contributed by atoms with van der Waals surface area (Å²) in [6, 6.07) is 57.4. The second kappa shape index (κ2) is 9.90. The fourth-order valence-corrected chi connectivity index (χ4v) is 6.53. The molecule has 0 bridgehead atoms. The van der Waals surface area contributed by atoms with Crippen molar-refractivity contribution in [3.8, 4) is 11.1 Å². The van der Waals surface area contributed by atoms with Gasteiger partial charge in [0.25, 0.3) is 0 Å². The van der Waals surface area contributed by atoms with Gasteiger partial charge in [-0.2, -0.15) is 0 Å². The number of hydrogen-bond donors (Lipinski definition) is 0. The maximum atomic E-state index is 2.41. The van der Waals surface area contributed by atoms with E-state index in [1.807, 2.05) is 0 Å². The van der Waals surface area contributed by atoms with Crippen LogP contribution < -0.4 is 4.90 Å². The van der Waals surface area contributed by atoms with Crippen molar-refractivity contribution >= 4 is 60.2 Å². The van der Waals surface area contributed by atoms with Gasteiger partial charge in [0.05, 0.1) is 5.69 Å². The molecule has 0 N–H and O–H groups in total. The Bertz CT molecular complexity index is 2240. The molecule has 1 nitrogen and oxygen atoms in total. The molecule has 0 spiro atoms. The minimum atomic E-state index is 1.14. The third-order valence-corrected chi connectivity index (χ3v) is 8.47. The van der Waals surface area contributed by atoms with E-state index < -0.39 is 0 Å². The summed E-state index contributed by atoms with van der Waals surface area (Å²) in [6.45, 7) is 2.14. The molecule has 0 saturated carbocycles. The predicted octanol–water partition coefficient (Wildman–Crippen LogP) is 11.7. The summed E-state index contributed by atoms with van der Waals surface area (Å²) >= 11 is 0. The highest BCUT2D eigenvalue weighted by Crippen LogP contribution is 2.46. The number of rotatable bonds is 4. The standard InChI is InChI=1S/C41H29N/c1-28-22-24-32(25-23-28)42(31-14-3-2-4-15-31)40-27-30-26-39(34-21-11-13-29-12-5-6-16-33(29)34)35-17-7-9-19-37(35)41(30)38-20-10-8-18-36(38)40/h2-27H,1H3. The topological polar surface area (TPSA) is 3.24 Å². The van der Waals surface area contributed by atoms with Gasteiger partial charge in [-0.1, -0.05) is 127 Å². The summed E-state index contributed by atoms with van der Waals surface area (Å²) < 4.78 is 0. The molecule has 0 fully saturated rings. The number of benzene rings is 8. The van der Waals surface area contributed by atoms with Crippen molar-refractivity contribution in [1.82, 2.24) is 0 Å². The minimum absolute atomic E-state index is 1.14. The van der Waals surface area contributed by atoms with Crippen LogP contribution in [0.25, 0.3) is 54.2 Å². The summed E-state index contributed by atoms with van der Waals surface area (Å²) in [5.41, 5.74) is 7.23. The van der Waals surface area contributed by atoms with Crippen LogP contribution >= 0.6 is 0 Å². The van der Waals surface area contributed by atoms with Crippen LogP contribution in [0.2, 0.25) is 0 Å². The van der Waals surface area contributed by atoms with Gasteiger partial charge in [0, 0.05) is 16.8 Å². The van der Waals surface area contributed by atoms with Crippen LogP contribution in [0.3, 0.4) is 0 Å². The largest absolute Gasteiger partial charge is 0.310 e. The van der Waals surface area contributed by atoms with E-state index in [0.717, 1.165) is 11.4 Å². The van der Waals surface area contributed by atoms with E-state index in [2.05, 4.69) is 170 Å². The van der Waals surface area contributed by atoms with Crippen LogP contribution in [0.4, 0.5) is 17.1 Å². The molecule has 0 amide bonds. The molecule has 0 aliphatic carbocycles. The van der Waals surface area contributed by atoms with Gasteiger partial charge in [0.1, 0.15) is 0 Å². The first kappa shape index (κ1) is 24.4. The van der Waals surface area contributed by atoms with E-state index in [1.165, 1.54) is 65.5 Å². The quantitative estimate of drug-likeness (QED) is 0.203. The van der Waals surface area contributed by atoms with Crippen molar-refractivity contribution in [1.29, 1.82) is 0 Å². The second-order valence-electron chi connectivity index (χ2n) is 11.0. The van der Waals surface area contributed by atoms with Gasteiger partial charge >= 0.3 is 0 Å². The number of anilines is 3. The highest BCUT2D eigenvalue weighted by atomic mass is 15.1. The van der Waals surface area contributed by atoms with Crippen LogP contribution in [0.15, 0.2) is 158 Å². The molecule has 198 valence electrons. The van der Waals surface area contributed by atoms with E-state index >= 15 is 0 Å². The molecule has 1 heteroatoms. The summed E-state index contributed by atoms with van der Waals surface area (Å²) in [4.78, 5) is 2.40. The van der Waals surface area contributed by atoms with Crippen molar-refractivity contribution < 1.29 is 0 Å². The lowest BCUT2D eigenvalue weighted by atomic mass is 9.88. The second-order valence-corrected chi connectivity index (χ2v) is 11.0. The Labute approximate surface area is 245 Å². The molecule has 0 heterocycles. The molecule has 0 unspecified atom stereocenters. The van der Waals surface area contributed by atoms with Crippen LogP contribution in [0.1, 0.15) is 5.56 Å². The van der Waals surface area contributed by atoms with Gasteiger partial charge in [0.2, 0.25) is 0 Å². The average molecular weight is 536 g/mol. The Balaban J connectivity index is 1.50. The molecule has 8 aromatic rings. The Morgan fingerprint density at radius 1 is 0.381 bits per heavy atom. The first-order chi connectivity index (χ1) is 20.8. The molecule has 0 atom stereocenters. The molecule has 8 aromatic carbocycles. The van der Waals surface area contributed by atoms with Crippen LogP contribution in [-0.2, 0) is 0 Å². The van der Waals surface area contributed by atoms with Crippen molar-refractivity contribution in [2.45, 2.75) is 6.92 Å². The number of fused-ring (bicyclic) bond motifs is 6. The Hall–Kier alpha value is -5.40. The first-order valence-corrected chi connectivity index (χ1v) is 14.5. The maximum absolute atomic E-state index is 2.41. The van der Waals surface area contributed by atoms with Gasteiger partial charge in [-0.05, 0) is 92.2 Å². The van der Waals surface area contributed by atoms with Crippen molar-refractivity contribution in [3.63, 3.8) is 0 Å². The number of para-hydroxylation sites is 1. The molecule has 0 aromatic heterocycles. The third kappa shape index (κ3) is 3.94. The molecule has 8 rings (SSSR count). The molecule has 0 radical (unpaired) electrons. The monoisotopic (exact) mass is 535 g/mol. The molecule has 0 aliphatic rings. The van der Waals surface area contributed by atoms with E-state index in [0.29, 0.717) is 0 Å². The zero-order chi connectivity index (χ0) is 28.0. The van der Waals surface area contributed by atoms with E-state index in [-0.39, 0.29) is 0 Å². The minimum Gasteiger partial charge on any atom is -0.310 e. The summed E-state index contributed by atoms with van der Waals surface area (Å²) in [6.07, 6.45) is 0. The van der Waals surface area contributed by atoms with E-state index in [1.54, 1.807) is 0 Å². The molecule has 0 aliphatic heterocycles. The molecular formula is C41H29N. The van der Waals surface area contributed by atoms with Crippen molar-refractivity contribution in [2.24, 2.45) is 0 Å². The zero-order valence-electron chi connectivity index (χ0n) is 23.5. The van der Waals surface area contributed by atoms with Gasteiger partial charge in [-0.3, -0.25) is 0 Å². The lowest BCUT2D eigenvalue weighted by Gasteiger charge is -2.28. The van der Waals surface area contributed by atoms with Gasteiger partial charge in [0.15, 0.2) is 0 Å². The maximum Gasteiger partial charge on any atom is 0.0546 e. The van der Waals surface area contributed by atoms with Gasteiger partial charge in [-0.15, -0.1) is 0 Å². The lowest BCUT2D eigenvalue weighted by molar-refractivity contribution is 1.29. The molecule has 42 heavy (non-hydrogen) atoms. The normalized spacial score (nSPS) is 11.5. The van der Waals surface area contributed by atoms with Crippen LogP contribution in [0.5, 0.6) is 0 Å². The fraction of sp³-hybridized carbons (Fsp3) is 0.0244. The van der Waals surface area contributed by atoms with E-state index in [4.69, 9.17) is 0 Å². The zero-order valence-corrected chi connectivity index (χ0v) is 23.5. The SMILES string of the molecule is Cc1ccc(N(c2ccccc2)c2cc3cc(-c4cccc5ccccc45)c4ccccc4c3c3ccccc23)cc1. The van der Waals surface area contributed by atoms with Crippen molar-refractivity contribution in [3.05, 3.63) is 163 Å².